The number of nitrogens with one attached hydrogen (secondary N) is 1. The molecule has 0 heterocycles. The fourth-order valence-electron chi connectivity index (χ4n) is 0.524. The van der Waals surface area contributed by atoms with Gasteiger partial charge in [0.2, 0.25) is 0 Å². The Kier molecular flexibility index (Phi) is 4.19. The molecule has 0 aromatic carbocycles. The van der Waals surface area contributed by atoms with E-state index in [2.05, 4.69) is 9.46 Å². The van der Waals surface area contributed by atoms with Crippen molar-refractivity contribution in [3.63, 3.8) is 0 Å². The van der Waals surface area contributed by atoms with Crippen molar-refractivity contribution in [1.82, 2.24) is 4.72 Å². The molecule has 0 fully saturated rings. The second-order valence-electron chi connectivity index (χ2n) is 1.91. The van der Waals surface area contributed by atoms with Crippen molar-refractivity contribution in [3.8, 4) is 0 Å². The molecule has 6 heteroatoms. The van der Waals surface area contributed by atoms with Crippen LogP contribution in [0, 0.1) is 0 Å². The van der Waals surface area contributed by atoms with Crippen molar-refractivity contribution < 1.29 is 13.2 Å². The topological polar surface area (TPSA) is 55.4 Å². The molecule has 0 rings (SSSR count). The Hall–Kier alpha value is 0.160. The van der Waals surface area contributed by atoms with Crippen LogP contribution in [0.15, 0.2) is 0 Å². The summed E-state index contributed by atoms with van der Waals surface area (Å²) < 4.78 is 27.4. The average molecular weight is 188 g/mol. The maximum Gasteiger partial charge on any atom is 0.297 e. The molecular formula is C4H10ClNO3S. The number of methoxy groups -OCH3 is 1. The van der Waals surface area contributed by atoms with Gasteiger partial charge >= 0.3 is 0 Å². The summed E-state index contributed by atoms with van der Waals surface area (Å²) in [7, 11) is 2.75. The van der Waals surface area contributed by atoms with E-state index in [4.69, 9.17) is 10.7 Å². The molecule has 0 bridgehead atoms. The highest BCUT2D eigenvalue weighted by Gasteiger charge is 2.08. The molecule has 0 aromatic heterocycles. The minimum Gasteiger partial charge on any atom is -0.383 e. The Balaban J connectivity index is 3.69. The van der Waals surface area contributed by atoms with E-state index in [1.807, 2.05) is 0 Å². The molecular weight excluding hydrogens is 178 g/mol. The molecule has 1 unspecified atom stereocenters. The van der Waals surface area contributed by atoms with Crippen LogP contribution in [0.5, 0.6) is 0 Å². The van der Waals surface area contributed by atoms with E-state index < -0.39 is 9.24 Å². The molecule has 10 heavy (non-hydrogen) atoms. The SMILES string of the molecule is COCC(C)NS(=O)(=O)Cl. The average Bonchev–Trinajstić information content (AvgIpc) is 1.59. The maximum atomic E-state index is 10.3. The molecule has 1 N–H and O–H groups in total. The summed E-state index contributed by atoms with van der Waals surface area (Å²) in [5.41, 5.74) is 0. The Labute approximate surface area is 65.1 Å². The van der Waals surface area contributed by atoms with Gasteiger partial charge in [0.1, 0.15) is 0 Å². The normalized spacial score (nSPS) is 15.1. The molecule has 0 saturated carbocycles. The number of hydrogen-bond acceptors (Lipinski definition) is 3. The monoisotopic (exact) mass is 187 g/mol. The van der Waals surface area contributed by atoms with E-state index >= 15 is 0 Å². The van der Waals surface area contributed by atoms with E-state index in [1.54, 1.807) is 6.92 Å². The first-order valence-electron chi connectivity index (χ1n) is 2.66. The summed E-state index contributed by atoms with van der Waals surface area (Å²) in [6.45, 7) is 1.97. The van der Waals surface area contributed by atoms with Crippen LogP contribution in [0.3, 0.4) is 0 Å². The van der Waals surface area contributed by atoms with Crippen LogP contribution >= 0.6 is 10.7 Å². The maximum absolute atomic E-state index is 10.3. The summed E-state index contributed by atoms with van der Waals surface area (Å²) >= 11 is 0. The van der Waals surface area contributed by atoms with Crippen molar-refractivity contribution in [3.05, 3.63) is 0 Å². The largest absolute Gasteiger partial charge is 0.383 e. The Morgan fingerprint density at radius 3 is 2.50 bits per heavy atom. The van der Waals surface area contributed by atoms with Crippen molar-refractivity contribution >= 4 is 19.9 Å². The van der Waals surface area contributed by atoms with Gasteiger partial charge < -0.3 is 4.74 Å². The molecule has 1 atom stereocenters. The van der Waals surface area contributed by atoms with E-state index in [1.165, 1.54) is 7.11 Å². The lowest BCUT2D eigenvalue weighted by atomic mass is 10.4. The van der Waals surface area contributed by atoms with Crippen molar-refractivity contribution in [2.75, 3.05) is 13.7 Å². The lowest BCUT2D eigenvalue weighted by Crippen LogP contribution is -2.32. The van der Waals surface area contributed by atoms with Crippen LogP contribution < -0.4 is 4.72 Å². The number of rotatable bonds is 4. The van der Waals surface area contributed by atoms with Crippen LogP contribution in [-0.2, 0) is 14.0 Å². The standard InChI is InChI=1S/C4H10ClNO3S/c1-4(3-9-2)6-10(5,7)8/h4,6H,3H2,1-2H3. The molecule has 0 aromatic rings. The summed E-state index contributed by atoms with van der Waals surface area (Å²) in [5.74, 6) is 0. The van der Waals surface area contributed by atoms with Gasteiger partial charge in [0, 0.05) is 23.8 Å². The first-order chi connectivity index (χ1) is 4.45. The van der Waals surface area contributed by atoms with Crippen LogP contribution in [0.25, 0.3) is 0 Å². The second kappa shape index (κ2) is 4.12. The van der Waals surface area contributed by atoms with Crippen molar-refractivity contribution in [1.29, 1.82) is 0 Å². The van der Waals surface area contributed by atoms with Crippen molar-refractivity contribution in [2.45, 2.75) is 13.0 Å². The third-order valence-corrected chi connectivity index (χ3v) is 1.71. The van der Waals surface area contributed by atoms with Gasteiger partial charge in [0.25, 0.3) is 9.24 Å². The van der Waals surface area contributed by atoms with Gasteiger partial charge in [-0.15, -0.1) is 0 Å². The Morgan fingerprint density at radius 2 is 2.20 bits per heavy atom. The molecule has 0 radical (unpaired) electrons. The summed E-state index contributed by atoms with van der Waals surface area (Å²) in [5, 5.41) is 0. The molecule has 4 nitrogen and oxygen atoms in total. The first-order valence-corrected chi connectivity index (χ1v) is 4.97. The number of ether oxygens (including phenoxy) is 1. The summed E-state index contributed by atoms with van der Waals surface area (Å²) in [6.07, 6.45) is 0. The van der Waals surface area contributed by atoms with Crippen LogP contribution in [0.1, 0.15) is 6.92 Å². The highest BCUT2D eigenvalue weighted by Crippen LogP contribution is 1.93. The highest BCUT2D eigenvalue weighted by molar-refractivity contribution is 8.12. The second-order valence-corrected chi connectivity index (χ2v) is 4.24. The van der Waals surface area contributed by atoms with Gasteiger partial charge in [0.15, 0.2) is 0 Å². The zero-order valence-electron chi connectivity index (χ0n) is 5.80. The predicted molar refractivity (Wildman–Crippen MR) is 39.2 cm³/mol. The summed E-state index contributed by atoms with van der Waals surface area (Å²) in [4.78, 5) is 0. The van der Waals surface area contributed by atoms with E-state index in [0.29, 0.717) is 6.61 Å². The third-order valence-electron chi connectivity index (χ3n) is 0.759. The summed E-state index contributed by atoms with van der Waals surface area (Å²) in [6, 6.07) is -0.285. The molecule has 0 amide bonds. The smallest absolute Gasteiger partial charge is 0.297 e. The van der Waals surface area contributed by atoms with E-state index in [9.17, 15) is 8.42 Å². The van der Waals surface area contributed by atoms with E-state index in [0.717, 1.165) is 0 Å². The minimum absolute atomic E-state index is 0.285. The molecule has 0 saturated heterocycles. The van der Waals surface area contributed by atoms with Gasteiger partial charge in [-0.25, -0.2) is 0 Å². The first kappa shape index (κ1) is 10.2. The van der Waals surface area contributed by atoms with Crippen LogP contribution in [0.2, 0.25) is 0 Å². The Morgan fingerprint density at radius 1 is 1.70 bits per heavy atom. The lowest BCUT2D eigenvalue weighted by molar-refractivity contribution is 0.180. The van der Waals surface area contributed by atoms with Gasteiger partial charge in [-0.1, -0.05) is 0 Å². The van der Waals surface area contributed by atoms with Gasteiger partial charge in [0.05, 0.1) is 6.61 Å². The molecule has 62 valence electrons. The zero-order valence-corrected chi connectivity index (χ0v) is 7.37. The van der Waals surface area contributed by atoms with Crippen LogP contribution in [0.4, 0.5) is 0 Å². The minimum atomic E-state index is -3.60. The fraction of sp³-hybridized carbons (Fsp3) is 1.00. The van der Waals surface area contributed by atoms with Gasteiger partial charge in [-0.3, -0.25) is 0 Å². The van der Waals surface area contributed by atoms with Gasteiger partial charge in [-0.05, 0) is 6.92 Å². The number of hydrogen-bond donors (Lipinski definition) is 1. The van der Waals surface area contributed by atoms with Crippen molar-refractivity contribution in [2.24, 2.45) is 0 Å². The molecule has 0 spiro atoms. The quantitative estimate of drug-likeness (QED) is 0.635. The van der Waals surface area contributed by atoms with E-state index in [-0.39, 0.29) is 6.04 Å². The number of halogens is 1. The predicted octanol–water partition coefficient (Wildman–Crippen LogP) is 0.0945. The highest BCUT2D eigenvalue weighted by atomic mass is 35.7. The lowest BCUT2D eigenvalue weighted by Gasteiger charge is -2.08. The molecule has 0 aliphatic rings. The third kappa shape index (κ3) is 6.28. The zero-order chi connectivity index (χ0) is 8.20. The van der Waals surface area contributed by atoms with Gasteiger partial charge in [-0.2, -0.15) is 13.1 Å². The molecule has 0 aliphatic carbocycles. The fourth-order valence-corrected chi connectivity index (χ4v) is 1.53. The van der Waals surface area contributed by atoms with Crippen LogP contribution in [-0.4, -0.2) is 28.2 Å². The molecule has 0 aliphatic heterocycles. The Bertz CT molecular complexity index is 179.